The van der Waals surface area contributed by atoms with Gasteiger partial charge in [0.25, 0.3) is 5.56 Å². The topological polar surface area (TPSA) is 123 Å². The normalized spacial score (nSPS) is 14.7. The van der Waals surface area contributed by atoms with Gasteiger partial charge in [0, 0.05) is 30.6 Å². The third-order valence-electron chi connectivity index (χ3n) is 6.16. The highest BCUT2D eigenvalue weighted by atomic mass is 16.5. The summed E-state index contributed by atoms with van der Waals surface area (Å²) in [5.41, 5.74) is 0.309. The third-order valence-corrected chi connectivity index (χ3v) is 6.16. The first-order valence-electron chi connectivity index (χ1n) is 10.6. The van der Waals surface area contributed by atoms with Gasteiger partial charge in [0.2, 0.25) is 0 Å². The third kappa shape index (κ3) is 3.53. The van der Waals surface area contributed by atoms with Crippen molar-refractivity contribution >= 4 is 27.6 Å². The first-order chi connectivity index (χ1) is 16.0. The maximum Gasteiger partial charge on any atom is 0.329 e. The van der Waals surface area contributed by atoms with E-state index in [1.54, 1.807) is 14.2 Å². The summed E-state index contributed by atoms with van der Waals surface area (Å²) >= 11 is 0. The van der Waals surface area contributed by atoms with E-state index in [1.165, 1.54) is 29.1 Å². The Morgan fingerprint density at radius 2 is 1.73 bits per heavy atom. The minimum atomic E-state index is -0.444. The van der Waals surface area contributed by atoms with Gasteiger partial charge in [-0.1, -0.05) is 0 Å². The van der Waals surface area contributed by atoms with Crippen molar-refractivity contribution in [2.24, 2.45) is 0 Å². The standard InChI is InChI=1S/C23H23N5O5/c1-32-19-10-15-18(11-20(19)33-2)24-12-25-21(15)27-7-5-13(6-8-27)28-22(30)16-9-14(29)3-4-17(16)26-23(28)31/h3-4,9-13,29H,5-8H2,1-2H3,(H,26,31). The molecule has 1 fully saturated rings. The minimum Gasteiger partial charge on any atom is -0.508 e. The number of anilines is 1. The van der Waals surface area contributed by atoms with Crippen LogP contribution >= 0.6 is 0 Å². The highest BCUT2D eigenvalue weighted by Crippen LogP contribution is 2.36. The molecule has 0 saturated carbocycles. The summed E-state index contributed by atoms with van der Waals surface area (Å²) in [7, 11) is 3.16. The number of aromatic amines is 1. The molecule has 10 heteroatoms. The average Bonchev–Trinajstić information content (AvgIpc) is 2.83. The number of fused-ring (bicyclic) bond motifs is 2. The fourth-order valence-corrected chi connectivity index (χ4v) is 4.50. The molecule has 2 aromatic carbocycles. The van der Waals surface area contributed by atoms with Crippen LogP contribution in [-0.2, 0) is 0 Å². The molecule has 0 radical (unpaired) electrons. The van der Waals surface area contributed by atoms with Crippen LogP contribution in [0.1, 0.15) is 18.9 Å². The quantitative estimate of drug-likeness (QED) is 0.486. The number of nitrogens with zero attached hydrogens (tertiary/aromatic N) is 4. The Kier molecular flexibility index (Phi) is 5.12. The predicted molar refractivity (Wildman–Crippen MR) is 124 cm³/mol. The molecule has 3 heterocycles. The summed E-state index contributed by atoms with van der Waals surface area (Å²) in [4.78, 5) is 39.4. The number of ether oxygens (including phenoxy) is 2. The average molecular weight is 449 g/mol. The van der Waals surface area contributed by atoms with Crippen LogP contribution in [0.3, 0.4) is 0 Å². The van der Waals surface area contributed by atoms with Gasteiger partial charge in [-0.3, -0.25) is 9.36 Å². The molecule has 0 amide bonds. The molecule has 1 aliphatic rings. The highest BCUT2D eigenvalue weighted by Gasteiger charge is 2.26. The lowest BCUT2D eigenvalue weighted by Gasteiger charge is -2.33. The Balaban J connectivity index is 1.46. The number of hydrogen-bond donors (Lipinski definition) is 2. The second kappa shape index (κ2) is 8.12. The monoisotopic (exact) mass is 449 g/mol. The molecule has 170 valence electrons. The highest BCUT2D eigenvalue weighted by molar-refractivity contribution is 5.92. The lowest BCUT2D eigenvalue weighted by atomic mass is 10.0. The Bertz CT molecular complexity index is 1470. The number of hydrogen-bond acceptors (Lipinski definition) is 8. The number of aromatic hydroxyl groups is 1. The molecule has 4 aromatic rings. The van der Waals surface area contributed by atoms with E-state index in [-0.39, 0.29) is 11.8 Å². The van der Waals surface area contributed by atoms with Crippen LogP contribution in [-0.4, -0.2) is 51.9 Å². The predicted octanol–water partition coefficient (Wildman–Crippen LogP) is 2.20. The van der Waals surface area contributed by atoms with E-state index in [0.717, 1.165) is 16.7 Å². The molecule has 33 heavy (non-hydrogen) atoms. The van der Waals surface area contributed by atoms with Gasteiger partial charge in [-0.15, -0.1) is 0 Å². The van der Waals surface area contributed by atoms with Gasteiger partial charge in [0.1, 0.15) is 17.9 Å². The van der Waals surface area contributed by atoms with Crippen LogP contribution in [0.25, 0.3) is 21.8 Å². The van der Waals surface area contributed by atoms with Crippen LogP contribution in [0, 0.1) is 0 Å². The van der Waals surface area contributed by atoms with E-state index >= 15 is 0 Å². The van der Waals surface area contributed by atoms with Crippen molar-refractivity contribution < 1.29 is 14.6 Å². The molecule has 1 saturated heterocycles. The molecule has 0 bridgehead atoms. The Morgan fingerprint density at radius 3 is 2.45 bits per heavy atom. The lowest BCUT2D eigenvalue weighted by molar-refractivity contribution is 0.355. The SMILES string of the molecule is COc1cc2ncnc(N3CCC(n4c(=O)[nH]c5ccc(O)cc5c4=O)CC3)c2cc1OC. The molecule has 1 aliphatic heterocycles. The first-order valence-corrected chi connectivity index (χ1v) is 10.6. The summed E-state index contributed by atoms with van der Waals surface area (Å²) in [6, 6.07) is 7.78. The van der Waals surface area contributed by atoms with Gasteiger partial charge in [-0.2, -0.15) is 0 Å². The van der Waals surface area contributed by atoms with Crippen LogP contribution in [0.4, 0.5) is 5.82 Å². The fourth-order valence-electron chi connectivity index (χ4n) is 4.50. The molecule has 0 spiro atoms. The smallest absolute Gasteiger partial charge is 0.329 e. The van der Waals surface area contributed by atoms with E-state index in [0.29, 0.717) is 48.3 Å². The summed E-state index contributed by atoms with van der Waals surface area (Å²) in [5.74, 6) is 1.93. The van der Waals surface area contributed by atoms with E-state index < -0.39 is 11.2 Å². The van der Waals surface area contributed by atoms with Gasteiger partial charge in [0.15, 0.2) is 11.5 Å². The number of H-pyrrole nitrogens is 1. The number of phenols is 1. The van der Waals surface area contributed by atoms with Crippen LogP contribution < -0.4 is 25.6 Å². The number of piperidine rings is 1. The summed E-state index contributed by atoms with van der Waals surface area (Å²) in [6.45, 7) is 1.21. The molecule has 0 atom stereocenters. The van der Waals surface area contributed by atoms with Crippen molar-refractivity contribution in [1.29, 1.82) is 0 Å². The summed E-state index contributed by atoms with van der Waals surface area (Å²) in [6.07, 6.45) is 2.69. The zero-order valence-corrected chi connectivity index (χ0v) is 18.2. The number of phenolic OH excluding ortho intramolecular Hbond substituents is 1. The first kappa shape index (κ1) is 20.8. The summed E-state index contributed by atoms with van der Waals surface area (Å²) < 4.78 is 12.1. The van der Waals surface area contributed by atoms with E-state index in [1.807, 2.05) is 12.1 Å². The van der Waals surface area contributed by atoms with Crippen LogP contribution in [0.15, 0.2) is 46.2 Å². The van der Waals surface area contributed by atoms with Crippen LogP contribution in [0.5, 0.6) is 17.2 Å². The molecule has 2 N–H and O–H groups in total. The molecular formula is C23H23N5O5. The van der Waals surface area contributed by atoms with Crippen molar-refractivity contribution in [1.82, 2.24) is 19.5 Å². The molecule has 0 unspecified atom stereocenters. The van der Waals surface area contributed by atoms with Crippen molar-refractivity contribution in [2.45, 2.75) is 18.9 Å². The van der Waals surface area contributed by atoms with Crippen molar-refractivity contribution in [3.05, 3.63) is 57.5 Å². The Morgan fingerprint density at radius 1 is 1.00 bits per heavy atom. The fraction of sp³-hybridized carbons (Fsp3) is 0.304. The summed E-state index contributed by atoms with van der Waals surface area (Å²) in [5, 5.41) is 10.9. The van der Waals surface area contributed by atoms with E-state index in [4.69, 9.17) is 9.47 Å². The molecule has 2 aromatic heterocycles. The number of rotatable bonds is 4. The number of benzene rings is 2. The van der Waals surface area contributed by atoms with Gasteiger partial charge < -0.3 is 24.5 Å². The number of aromatic nitrogens is 4. The zero-order chi connectivity index (χ0) is 23.1. The Hall–Kier alpha value is -4.08. The van der Waals surface area contributed by atoms with Crippen LogP contribution in [0.2, 0.25) is 0 Å². The van der Waals surface area contributed by atoms with Crippen molar-refractivity contribution in [2.75, 3.05) is 32.2 Å². The minimum absolute atomic E-state index is 0.0179. The number of methoxy groups -OCH3 is 2. The van der Waals surface area contributed by atoms with Crippen molar-refractivity contribution in [3.8, 4) is 17.2 Å². The molecule has 0 aliphatic carbocycles. The maximum absolute atomic E-state index is 13.0. The van der Waals surface area contributed by atoms with Gasteiger partial charge >= 0.3 is 5.69 Å². The van der Waals surface area contributed by atoms with Gasteiger partial charge in [-0.25, -0.2) is 14.8 Å². The zero-order valence-electron chi connectivity index (χ0n) is 18.2. The van der Waals surface area contributed by atoms with E-state index in [2.05, 4.69) is 19.9 Å². The molecule has 5 rings (SSSR count). The molecule has 10 nitrogen and oxygen atoms in total. The second-order valence-electron chi connectivity index (χ2n) is 7.98. The van der Waals surface area contributed by atoms with Gasteiger partial charge in [-0.05, 0) is 37.1 Å². The Labute approximate surface area is 188 Å². The lowest BCUT2D eigenvalue weighted by Crippen LogP contribution is -2.43. The second-order valence-corrected chi connectivity index (χ2v) is 7.98. The largest absolute Gasteiger partial charge is 0.508 e. The number of nitrogens with one attached hydrogen (secondary N) is 1. The molecular weight excluding hydrogens is 426 g/mol. The van der Waals surface area contributed by atoms with Gasteiger partial charge in [0.05, 0.1) is 30.6 Å². The van der Waals surface area contributed by atoms with E-state index in [9.17, 15) is 14.7 Å². The van der Waals surface area contributed by atoms with Crippen molar-refractivity contribution in [3.63, 3.8) is 0 Å². The maximum atomic E-state index is 13.0.